The molecule has 0 N–H and O–H groups in total. The van der Waals surface area contributed by atoms with Crippen molar-refractivity contribution in [3.63, 3.8) is 0 Å². The molecule has 23 rings (SSSR count). The zero-order valence-corrected chi connectivity index (χ0v) is 67.6. The Labute approximate surface area is 727 Å². The molecule has 0 spiro atoms. The number of benzene rings is 23. The van der Waals surface area contributed by atoms with Gasteiger partial charge in [0, 0.05) is 0 Å². The van der Waals surface area contributed by atoms with E-state index in [9.17, 15) is 36.8 Å². The molecule has 0 saturated carbocycles. The van der Waals surface area contributed by atoms with Gasteiger partial charge in [0.2, 0.25) is 11.4 Å². The number of nitriles is 7. The Hall–Kier alpha value is -19.1. The maximum absolute atomic E-state index is 9.65. The zero-order valence-electron chi connectivity index (χ0n) is 67.6. The van der Waals surface area contributed by atoms with E-state index in [0.717, 1.165) is 136 Å². The second kappa shape index (κ2) is 31.2. The quantitative estimate of drug-likeness (QED) is 0.0936. The maximum Gasteiger partial charge on any atom is 0.205 e. The van der Waals surface area contributed by atoms with Gasteiger partial charge in [0.05, 0.1) is 71.3 Å². The fourth-order valence-corrected chi connectivity index (χ4v) is 18.9. The van der Waals surface area contributed by atoms with Crippen molar-refractivity contribution in [3.05, 3.63) is 418 Å². The first-order chi connectivity index (χ1) is 62.4. The highest BCUT2D eigenvalue weighted by molar-refractivity contribution is 6.36. The summed E-state index contributed by atoms with van der Waals surface area (Å²) in [6.45, 7) is 32.7. The summed E-state index contributed by atoms with van der Waals surface area (Å²) in [5.41, 5.74) is 8.57. The third-order valence-electron chi connectivity index (χ3n) is 24.7. The van der Waals surface area contributed by atoms with Crippen molar-refractivity contribution in [1.29, 1.82) is 36.8 Å². The first-order valence-corrected chi connectivity index (χ1v) is 40.7. The van der Waals surface area contributed by atoms with E-state index in [-0.39, 0.29) is 28.2 Å². The average molecular weight is 1600 g/mol. The van der Waals surface area contributed by atoms with Crippen LogP contribution < -0.4 is 0 Å². The molecule has 0 fully saturated rings. The molecule has 0 aliphatic carbocycles. The molecule has 0 amide bonds. The smallest absolute Gasteiger partial charge is 0.205 e. The van der Waals surface area contributed by atoms with Crippen molar-refractivity contribution in [3.8, 4) is 64.7 Å². The third-order valence-corrected chi connectivity index (χ3v) is 24.7. The van der Waals surface area contributed by atoms with Crippen LogP contribution >= 0.6 is 0 Å². The fraction of sp³-hybridized carbons (Fsp3) is 0.00862. The Morgan fingerprint density at radius 1 is 0.197 bits per heavy atom. The van der Waals surface area contributed by atoms with Crippen LogP contribution in [0.25, 0.3) is 225 Å². The van der Waals surface area contributed by atoms with E-state index < -0.39 is 0 Å². The molecule has 0 bridgehead atoms. The Kier molecular flexibility index (Phi) is 18.8. The molecule has 0 unspecified atom stereocenters. The first-order valence-electron chi connectivity index (χ1n) is 40.7. The second-order valence-corrected chi connectivity index (χ2v) is 31.3. The van der Waals surface area contributed by atoms with Crippen LogP contribution in [-0.2, 0) is 0 Å². The van der Waals surface area contributed by atoms with Crippen LogP contribution in [0.3, 0.4) is 0 Å². The summed E-state index contributed by atoms with van der Waals surface area (Å²) in [6.07, 6.45) is 0. The van der Waals surface area contributed by atoms with Gasteiger partial charge < -0.3 is 0 Å². The molecule has 11 heteroatoms. The van der Waals surface area contributed by atoms with Crippen molar-refractivity contribution < 1.29 is 0 Å². The van der Waals surface area contributed by atoms with Gasteiger partial charge in [-0.25, -0.2) is 4.85 Å². The van der Waals surface area contributed by atoms with Gasteiger partial charge in [0.25, 0.3) is 0 Å². The van der Waals surface area contributed by atoms with E-state index in [2.05, 4.69) is 274 Å². The minimum atomic E-state index is 0.0328. The van der Waals surface area contributed by atoms with Crippen LogP contribution in [0.4, 0.5) is 22.7 Å². The SMILES string of the molecule is N#Cc1cc2c(cc1C#N)c1ccc3ccccc3c1c1cc3ccccc3cc21.N#Cc1cc2c3cc4ccccc4cc3c3ccc4ccccc4c3c2cc1C#N.[C-]#[N+]c1cc(-c2c(-c3ccc4ccccc4c3)c3ccccc3c3ccccc23)c(C)cc1C#N.[C-]#[N+]c1cc2c3cc(C#N)c(C#N)cc3c3cc4ccccc4cc3c2c([N+]#[C-])c1[N+]#[C-]. The summed E-state index contributed by atoms with van der Waals surface area (Å²) in [4.78, 5) is 14.3. The molecule has 0 atom stereocenters. The molecule has 0 aliphatic heterocycles. The minimum absolute atomic E-state index is 0.0328. The normalized spacial score (nSPS) is 10.9. The molecule has 0 aliphatic rings. The molecule has 0 radical (unpaired) electrons. The molecular weight excluding hydrogens is 1550 g/mol. The van der Waals surface area contributed by atoms with Gasteiger partial charge in [-0.3, -0.25) is 14.5 Å². The number of nitrogens with zero attached hydrogens (tertiary/aromatic N) is 11. The molecule has 0 heterocycles. The van der Waals surface area contributed by atoms with E-state index in [1.165, 1.54) is 59.2 Å². The first kappa shape index (κ1) is 76.5. The number of aryl methyl sites for hydroxylation is 1. The van der Waals surface area contributed by atoms with E-state index >= 15 is 0 Å². The van der Waals surface area contributed by atoms with Crippen LogP contribution in [-0.4, -0.2) is 0 Å². The van der Waals surface area contributed by atoms with Gasteiger partial charge >= 0.3 is 0 Å². The summed E-state index contributed by atoms with van der Waals surface area (Å²) in [6, 6.07) is 126. The molecule has 576 valence electrons. The summed E-state index contributed by atoms with van der Waals surface area (Å²) in [5.74, 6) is 0. The minimum Gasteiger partial charge on any atom is -0.262 e. The maximum atomic E-state index is 9.65. The monoisotopic (exact) mass is 1600 g/mol. The Morgan fingerprint density at radius 3 is 0.898 bits per heavy atom. The largest absolute Gasteiger partial charge is 0.262 e. The summed E-state index contributed by atoms with van der Waals surface area (Å²) >= 11 is 0. The van der Waals surface area contributed by atoms with E-state index in [1.807, 2.05) is 104 Å². The number of rotatable bonds is 2. The molecule has 23 aromatic carbocycles. The Morgan fingerprint density at radius 2 is 0.488 bits per heavy atom. The van der Waals surface area contributed by atoms with Gasteiger partial charge in [-0.2, -0.15) is 36.8 Å². The van der Waals surface area contributed by atoms with Crippen molar-refractivity contribution in [2.75, 3.05) is 0 Å². The van der Waals surface area contributed by atoms with Crippen LogP contribution in [0.15, 0.2) is 328 Å². The zero-order chi connectivity index (χ0) is 86.8. The molecule has 11 nitrogen and oxygen atoms in total. The topological polar surface area (TPSA) is 184 Å². The van der Waals surface area contributed by atoms with Gasteiger partial charge in [-0.15, -0.1) is 0 Å². The number of hydrogen-bond donors (Lipinski definition) is 0. The Bertz CT molecular complexity index is 9420. The summed E-state index contributed by atoms with van der Waals surface area (Å²) in [7, 11) is 0. The molecule has 127 heavy (non-hydrogen) atoms. The van der Waals surface area contributed by atoms with E-state index in [0.29, 0.717) is 49.7 Å². The van der Waals surface area contributed by atoms with Crippen LogP contribution in [0.1, 0.15) is 44.5 Å². The van der Waals surface area contributed by atoms with Gasteiger partial charge in [0.15, 0.2) is 11.4 Å². The predicted octanol–water partition coefficient (Wildman–Crippen LogP) is 31.3. The van der Waals surface area contributed by atoms with Crippen LogP contribution in [0.2, 0.25) is 0 Å². The highest BCUT2D eigenvalue weighted by atomic mass is 14.8. The number of fused-ring (bicyclic) bond motifs is 29. The molecule has 23 aromatic rings. The third kappa shape index (κ3) is 12.6. The predicted molar refractivity (Wildman–Crippen MR) is 517 cm³/mol. The highest BCUT2D eigenvalue weighted by Crippen LogP contribution is 2.53. The summed E-state index contributed by atoms with van der Waals surface area (Å²) in [5, 5.41) is 103. The fourth-order valence-electron chi connectivity index (χ4n) is 18.9. The van der Waals surface area contributed by atoms with Crippen molar-refractivity contribution in [1.82, 2.24) is 0 Å². The van der Waals surface area contributed by atoms with Gasteiger partial charge in [-0.05, 0) is 303 Å². The van der Waals surface area contributed by atoms with Crippen LogP contribution in [0.5, 0.6) is 0 Å². The Balaban J connectivity index is 0.000000107. The lowest BCUT2D eigenvalue weighted by Gasteiger charge is -2.20. The van der Waals surface area contributed by atoms with Gasteiger partial charge in [0.1, 0.15) is 36.4 Å². The molecule has 0 aromatic heterocycles. The van der Waals surface area contributed by atoms with Crippen LogP contribution in [0, 0.1) is 113 Å². The van der Waals surface area contributed by atoms with Crippen molar-refractivity contribution in [2.45, 2.75) is 6.92 Å². The number of hydrogen-bond acceptors (Lipinski definition) is 7. The summed E-state index contributed by atoms with van der Waals surface area (Å²) < 4.78 is 0. The molecule has 0 saturated heterocycles. The highest BCUT2D eigenvalue weighted by Gasteiger charge is 2.25. The lowest BCUT2D eigenvalue weighted by molar-refractivity contribution is 1.43. The van der Waals surface area contributed by atoms with Crippen molar-refractivity contribution >= 4 is 206 Å². The van der Waals surface area contributed by atoms with E-state index in [1.54, 1.807) is 18.2 Å². The lowest BCUT2D eigenvalue weighted by atomic mass is 9.83. The standard InChI is InChI=1S/C33H20N2.2C28H14N2.C27H9N5/c1-21-17-25(20-34)31(35-2)19-30(21)33-29-14-8-6-12-27(29)26-11-5-7-13-28(26)32(33)24-16-15-22-9-3-4-10-23(22)18-24;29-15-20-13-24-23-10-9-17-5-3-4-8-22(17)28(23)27-12-19-7-2-1-6-18(19)11-26(27)25(24)14-21(20)16-30;29-15-20-13-26-25-12-19-7-2-1-6-18(19)11-24(25)23-10-9-17-5-3-4-8-22(17)28(23)27(26)14-21(20)16-30;1-30-24-12-23-21-11-18(14-29)17(13-28)10-19(21)20-8-15-6-4-5-7-16(15)9-22(20)25(23)27(32-3)26(24)31-2/h3-19H,1H3;2*1-14H;4-12H. The lowest BCUT2D eigenvalue weighted by Crippen LogP contribution is -1.94. The molecular formula is C116H57N11. The second-order valence-electron chi connectivity index (χ2n) is 31.3. The van der Waals surface area contributed by atoms with Crippen molar-refractivity contribution in [2.24, 2.45) is 0 Å². The van der Waals surface area contributed by atoms with E-state index in [4.69, 9.17) is 26.3 Å². The van der Waals surface area contributed by atoms with Gasteiger partial charge in [-0.1, -0.05) is 243 Å². The average Bonchev–Trinajstić information content (AvgIpc) is 0.728.